The maximum Gasteiger partial charge on any atom is 0.397 e. The molecule has 0 radical (unpaired) electrons. The molecule has 1 amide bonds. The summed E-state index contributed by atoms with van der Waals surface area (Å²) in [5.41, 5.74) is 6.47. The zero-order valence-corrected chi connectivity index (χ0v) is 19.6. The summed E-state index contributed by atoms with van der Waals surface area (Å²) in [7, 11) is 1.13. The first-order valence-corrected chi connectivity index (χ1v) is 11.6. The molecule has 0 spiro atoms. The summed E-state index contributed by atoms with van der Waals surface area (Å²) < 4.78 is 49.0. The van der Waals surface area contributed by atoms with Crippen LogP contribution < -0.4 is 10.5 Å². The van der Waals surface area contributed by atoms with Crippen LogP contribution in [0.2, 0.25) is 0 Å². The molecule has 1 aromatic carbocycles. The fourth-order valence-corrected chi connectivity index (χ4v) is 4.11. The van der Waals surface area contributed by atoms with Gasteiger partial charge in [0.15, 0.2) is 0 Å². The van der Waals surface area contributed by atoms with Gasteiger partial charge in [0.05, 0.1) is 13.7 Å². The van der Waals surface area contributed by atoms with Crippen LogP contribution in [0.15, 0.2) is 36.5 Å². The molecule has 1 aliphatic rings. The number of nitrogens with two attached hydrogens (primary N) is 1. The Labute approximate surface area is 202 Å². The first-order valence-electron chi connectivity index (χ1n) is 11.6. The monoisotopic (exact) mass is 493 g/mol. The third kappa shape index (κ3) is 7.42. The Morgan fingerprint density at radius 2 is 2.03 bits per heavy atom. The number of allylic oxidation sites excluding steroid dienone is 1. The molecule has 1 fully saturated rings. The molecular formula is C25H30F3N3O4. The van der Waals surface area contributed by atoms with Crippen LogP contribution >= 0.6 is 0 Å². The summed E-state index contributed by atoms with van der Waals surface area (Å²) in [5, 5.41) is 1.61. The van der Waals surface area contributed by atoms with Crippen molar-refractivity contribution < 1.29 is 32.2 Å². The molecule has 2 heterocycles. The highest BCUT2D eigenvalue weighted by Gasteiger charge is 2.44. The predicted octanol–water partition coefficient (Wildman–Crippen LogP) is 4.24. The van der Waals surface area contributed by atoms with Crippen molar-refractivity contribution in [3.63, 3.8) is 0 Å². The van der Waals surface area contributed by atoms with E-state index in [1.807, 2.05) is 30.3 Å². The number of esters is 1. The molecule has 190 valence electrons. The molecule has 0 unspecified atom stereocenters. The zero-order valence-electron chi connectivity index (χ0n) is 19.6. The smallest absolute Gasteiger partial charge is 0.397 e. The van der Waals surface area contributed by atoms with E-state index < -0.39 is 36.6 Å². The number of hydrogen-bond donors (Lipinski definition) is 1. The van der Waals surface area contributed by atoms with Crippen molar-refractivity contribution in [2.75, 3.05) is 20.2 Å². The maximum atomic E-state index is 12.8. The molecular weight excluding hydrogens is 463 g/mol. The molecule has 35 heavy (non-hydrogen) atoms. The summed E-state index contributed by atoms with van der Waals surface area (Å²) >= 11 is 0. The fraction of sp³-hybridized carbons (Fsp3) is 0.480. The minimum Gasteiger partial charge on any atom is -0.472 e. The molecule has 2 atom stereocenters. The number of carbonyl (C=O) groups is 2. The van der Waals surface area contributed by atoms with Gasteiger partial charge in [0, 0.05) is 18.0 Å². The fourth-order valence-electron chi connectivity index (χ4n) is 4.11. The average molecular weight is 494 g/mol. The number of fused-ring (bicyclic) bond motifs is 1. The van der Waals surface area contributed by atoms with Crippen LogP contribution in [0.25, 0.3) is 16.8 Å². The van der Waals surface area contributed by atoms with Crippen LogP contribution in [0.3, 0.4) is 0 Å². The van der Waals surface area contributed by atoms with Gasteiger partial charge in [-0.25, -0.2) is 9.78 Å². The molecule has 1 aliphatic heterocycles. The van der Waals surface area contributed by atoms with Crippen molar-refractivity contribution in [1.82, 2.24) is 9.88 Å². The summed E-state index contributed by atoms with van der Waals surface area (Å²) in [4.78, 5) is 29.6. The Morgan fingerprint density at radius 1 is 1.23 bits per heavy atom. The molecule has 0 saturated carbocycles. The van der Waals surface area contributed by atoms with Gasteiger partial charge in [0.1, 0.15) is 18.6 Å². The minimum absolute atomic E-state index is 0.0106. The standard InChI is InChI=1S/C25H30F3N3O4/c1-34-24(33)21-14-19(16-31(21)22(32)15-25(26,27)28)35-23-20-13-17(7-5-3-2-4-6-11-29)8-9-18(20)10-12-30-23/h5,7-10,12-13,19,21H,2-4,6,11,14-16,29H2,1H3/b7-5+/t19-,21+/m1/s1. The number of rotatable bonds is 10. The van der Waals surface area contributed by atoms with Gasteiger partial charge in [-0.15, -0.1) is 0 Å². The number of halogens is 3. The zero-order chi connectivity index (χ0) is 25.4. The van der Waals surface area contributed by atoms with Gasteiger partial charge >= 0.3 is 12.1 Å². The first kappa shape index (κ1) is 26.5. The Bertz CT molecular complexity index is 1060. The lowest BCUT2D eigenvalue weighted by Gasteiger charge is -2.22. The van der Waals surface area contributed by atoms with Crippen molar-refractivity contribution in [3.8, 4) is 5.88 Å². The number of methoxy groups -OCH3 is 1. The summed E-state index contributed by atoms with van der Waals surface area (Å²) in [6, 6.07) is 6.51. The molecule has 0 aliphatic carbocycles. The second-order valence-corrected chi connectivity index (χ2v) is 8.49. The van der Waals surface area contributed by atoms with E-state index >= 15 is 0 Å². The Kier molecular flexibility index (Phi) is 9.08. The number of pyridine rings is 1. The number of aromatic nitrogens is 1. The minimum atomic E-state index is -4.68. The number of nitrogens with zero attached hydrogens (tertiary/aromatic N) is 2. The SMILES string of the molecule is COC(=O)[C@@H]1C[C@@H](Oc2nccc3ccc(/C=C/CCCCCN)cc23)CN1C(=O)CC(F)(F)F. The van der Waals surface area contributed by atoms with Gasteiger partial charge in [0.2, 0.25) is 11.8 Å². The second kappa shape index (κ2) is 12.0. The van der Waals surface area contributed by atoms with E-state index in [1.165, 1.54) is 0 Å². The van der Waals surface area contributed by atoms with Gasteiger partial charge < -0.3 is 20.1 Å². The average Bonchev–Trinajstić information content (AvgIpc) is 3.24. The second-order valence-electron chi connectivity index (χ2n) is 8.49. The Hall–Kier alpha value is -3.14. The highest BCUT2D eigenvalue weighted by Crippen LogP contribution is 2.31. The molecule has 0 bridgehead atoms. The van der Waals surface area contributed by atoms with E-state index in [1.54, 1.807) is 6.20 Å². The molecule has 7 nitrogen and oxygen atoms in total. The van der Waals surface area contributed by atoms with Crippen LogP contribution in [0.5, 0.6) is 5.88 Å². The normalized spacial score (nSPS) is 18.4. The quantitative estimate of drug-likeness (QED) is 0.393. The van der Waals surface area contributed by atoms with Crippen molar-refractivity contribution in [1.29, 1.82) is 0 Å². The van der Waals surface area contributed by atoms with Crippen LogP contribution in [0.4, 0.5) is 13.2 Å². The van der Waals surface area contributed by atoms with Crippen LogP contribution in [-0.2, 0) is 14.3 Å². The summed E-state index contributed by atoms with van der Waals surface area (Å²) in [6.07, 6.45) is 2.73. The van der Waals surface area contributed by atoms with Crippen molar-refractivity contribution >= 4 is 28.7 Å². The number of carbonyl (C=O) groups excluding carboxylic acids is 2. The van der Waals surface area contributed by atoms with Gasteiger partial charge in [-0.2, -0.15) is 13.2 Å². The molecule has 2 aromatic rings. The highest BCUT2D eigenvalue weighted by atomic mass is 19.4. The number of ether oxygens (including phenoxy) is 2. The van der Waals surface area contributed by atoms with Crippen molar-refractivity contribution in [3.05, 3.63) is 42.1 Å². The van der Waals surface area contributed by atoms with E-state index in [4.69, 9.17) is 15.2 Å². The van der Waals surface area contributed by atoms with Gasteiger partial charge in [-0.1, -0.05) is 30.7 Å². The Morgan fingerprint density at radius 3 is 2.74 bits per heavy atom. The van der Waals surface area contributed by atoms with Gasteiger partial charge in [0.25, 0.3) is 0 Å². The predicted molar refractivity (Wildman–Crippen MR) is 126 cm³/mol. The van der Waals surface area contributed by atoms with E-state index in [-0.39, 0.29) is 13.0 Å². The number of amides is 1. The Balaban J connectivity index is 1.75. The maximum absolute atomic E-state index is 12.8. The van der Waals surface area contributed by atoms with Crippen LogP contribution in [0.1, 0.15) is 44.1 Å². The molecule has 3 rings (SSSR count). The summed E-state index contributed by atoms with van der Waals surface area (Å²) in [6.45, 7) is 0.523. The molecule has 1 saturated heterocycles. The number of unbranched alkanes of at least 4 members (excludes halogenated alkanes) is 3. The van der Waals surface area contributed by atoms with Gasteiger partial charge in [-0.3, -0.25) is 4.79 Å². The van der Waals surface area contributed by atoms with E-state index in [2.05, 4.69) is 11.1 Å². The largest absolute Gasteiger partial charge is 0.472 e. The number of likely N-dealkylation sites (tertiary alicyclic amines) is 1. The van der Waals surface area contributed by atoms with Crippen LogP contribution in [-0.4, -0.2) is 60.3 Å². The van der Waals surface area contributed by atoms with Crippen molar-refractivity contribution in [2.45, 2.75) is 56.8 Å². The number of hydrogen-bond acceptors (Lipinski definition) is 6. The lowest BCUT2D eigenvalue weighted by Crippen LogP contribution is -2.42. The lowest BCUT2D eigenvalue weighted by atomic mass is 10.1. The van der Waals surface area contributed by atoms with Crippen LogP contribution in [0, 0.1) is 0 Å². The third-order valence-electron chi connectivity index (χ3n) is 5.83. The number of alkyl halides is 3. The van der Waals surface area contributed by atoms with E-state index in [0.717, 1.165) is 54.0 Å². The first-order chi connectivity index (χ1) is 16.7. The van der Waals surface area contributed by atoms with Gasteiger partial charge in [-0.05, 0) is 48.9 Å². The molecule has 2 N–H and O–H groups in total. The van der Waals surface area contributed by atoms with E-state index in [0.29, 0.717) is 12.4 Å². The lowest BCUT2D eigenvalue weighted by molar-refractivity contribution is -0.166. The topological polar surface area (TPSA) is 94.8 Å². The molecule has 1 aromatic heterocycles. The highest BCUT2D eigenvalue weighted by molar-refractivity contribution is 5.89. The third-order valence-corrected chi connectivity index (χ3v) is 5.83. The summed E-state index contributed by atoms with van der Waals surface area (Å²) in [5.74, 6) is -1.68. The number of benzene rings is 1. The molecule has 10 heteroatoms. The van der Waals surface area contributed by atoms with Crippen molar-refractivity contribution in [2.24, 2.45) is 5.73 Å². The van der Waals surface area contributed by atoms with E-state index in [9.17, 15) is 22.8 Å².